The van der Waals surface area contributed by atoms with Crippen LogP contribution in [0.25, 0.3) is 11.5 Å². The minimum Gasteiger partial charge on any atom is -0.419 e. The third kappa shape index (κ3) is 4.71. The first-order chi connectivity index (χ1) is 13.6. The van der Waals surface area contributed by atoms with Crippen molar-refractivity contribution in [3.63, 3.8) is 0 Å². The number of hydrogen-bond acceptors (Lipinski definition) is 6. The lowest BCUT2D eigenvalue weighted by atomic mass is 10.2. The molecule has 0 bridgehead atoms. The maximum Gasteiger partial charge on any atom is 0.252 e. The molecule has 2 aliphatic rings. The predicted molar refractivity (Wildman–Crippen MR) is 103 cm³/mol. The highest BCUT2D eigenvalue weighted by molar-refractivity contribution is 6.30. The molecule has 28 heavy (non-hydrogen) atoms. The molecular weight excluding hydrogens is 382 g/mol. The number of benzene rings is 1. The first-order valence-corrected chi connectivity index (χ1v) is 10.1. The molecule has 4 rings (SSSR count). The molecule has 1 aliphatic heterocycles. The number of halogens is 1. The van der Waals surface area contributed by atoms with Crippen LogP contribution in [-0.2, 0) is 20.8 Å². The fraction of sp³-hybridized carbons (Fsp3) is 0.550. The van der Waals surface area contributed by atoms with E-state index >= 15 is 0 Å². The van der Waals surface area contributed by atoms with Gasteiger partial charge in [-0.25, -0.2) is 0 Å². The van der Waals surface area contributed by atoms with Gasteiger partial charge >= 0.3 is 0 Å². The third-order valence-corrected chi connectivity index (χ3v) is 5.29. The predicted octanol–water partition coefficient (Wildman–Crippen LogP) is 3.47. The van der Waals surface area contributed by atoms with E-state index in [0.717, 1.165) is 37.9 Å². The molecule has 150 valence electrons. The Morgan fingerprint density at radius 2 is 2.07 bits per heavy atom. The summed E-state index contributed by atoms with van der Waals surface area (Å²) in [5.41, 5.74) is 0.792. The van der Waals surface area contributed by atoms with Gasteiger partial charge in [0.2, 0.25) is 11.8 Å². The molecule has 7 nitrogen and oxygen atoms in total. The number of nitrogens with zero attached hydrogens (tertiary/aromatic N) is 3. The van der Waals surface area contributed by atoms with Crippen LogP contribution >= 0.6 is 11.6 Å². The number of carbonyl (C=O) groups is 1. The van der Waals surface area contributed by atoms with E-state index in [2.05, 4.69) is 10.2 Å². The van der Waals surface area contributed by atoms with Crippen molar-refractivity contribution in [2.45, 2.75) is 57.4 Å². The highest BCUT2D eigenvalue weighted by Crippen LogP contribution is 2.30. The number of amides is 1. The number of carbonyl (C=O) groups excluding carboxylic acids is 1. The van der Waals surface area contributed by atoms with E-state index in [1.54, 1.807) is 24.0 Å². The van der Waals surface area contributed by atoms with Crippen molar-refractivity contribution >= 4 is 17.5 Å². The largest absolute Gasteiger partial charge is 0.419 e. The Labute approximate surface area is 169 Å². The Kier molecular flexibility index (Phi) is 5.94. The molecule has 2 atom stereocenters. The number of aromatic nitrogens is 2. The van der Waals surface area contributed by atoms with Crippen LogP contribution in [0, 0.1) is 0 Å². The van der Waals surface area contributed by atoms with Crippen LogP contribution in [-0.4, -0.2) is 52.5 Å². The van der Waals surface area contributed by atoms with E-state index in [1.807, 2.05) is 12.1 Å². The molecule has 0 radical (unpaired) electrons. The van der Waals surface area contributed by atoms with E-state index in [0.29, 0.717) is 23.4 Å². The van der Waals surface area contributed by atoms with Gasteiger partial charge in [-0.15, -0.1) is 10.2 Å². The van der Waals surface area contributed by atoms with Gasteiger partial charge in [0.25, 0.3) is 5.91 Å². The molecule has 1 aromatic carbocycles. The van der Waals surface area contributed by atoms with Gasteiger partial charge in [-0.05, 0) is 56.9 Å². The van der Waals surface area contributed by atoms with Crippen LogP contribution < -0.4 is 0 Å². The zero-order valence-electron chi connectivity index (χ0n) is 15.8. The van der Waals surface area contributed by atoms with Crippen LogP contribution in [0.15, 0.2) is 28.7 Å². The lowest BCUT2D eigenvalue weighted by molar-refractivity contribution is -0.146. The molecule has 1 aromatic heterocycles. The van der Waals surface area contributed by atoms with Gasteiger partial charge < -0.3 is 18.8 Å². The first-order valence-electron chi connectivity index (χ1n) is 9.72. The van der Waals surface area contributed by atoms with Crippen molar-refractivity contribution in [1.82, 2.24) is 15.1 Å². The van der Waals surface area contributed by atoms with Gasteiger partial charge in [-0.1, -0.05) is 11.6 Å². The standard InChI is InChI=1S/C20H24ClN3O4/c1-13(27-12-17-3-2-10-26-17)20(25)24(16-8-9-16)11-18-22-23-19(28-18)14-4-6-15(21)7-5-14/h4-7,13,16-17H,2-3,8-12H2,1H3. The monoisotopic (exact) mass is 405 g/mol. The minimum absolute atomic E-state index is 0.0493. The van der Waals surface area contributed by atoms with E-state index in [9.17, 15) is 4.79 Å². The lowest BCUT2D eigenvalue weighted by Gasteiger charge is -2.25. The van der Waals surface area contributed by atoms with Gasteiger partial charge in [0, 0.05) is 23.2 Å². The molecule has 0 spiro atoms. The fourth-order valence-corrected chi connectivity index (χ4v) is 3.40. The Bertz CT molecular complexity index is 800. The summed E-state index contributed by atoms with van der Waals surface area (Å²) in [7, 11) is 0. The molecule has 0 N–H and O–H groups in total. The molecule has 1 saturated carbocycles. The van der Waals surface area contributed by atoms with E-state index in [1.165, 1.54) is 0 Å². The quantitative estimate of drug-likeness (QED) is 0.669. The van der Waals surface area contributed by atoms with Crippen LogP contribution in [0.3, 0.4) is 0 Å². The molecular formula is C20H24ClN3O4. The van der Waals surface area contributed by atoms with Crippen molar-refractivity contribution in [3.05, 3.63) is 35.2 Å². The second-order valence-corrected chi connectivity index (χ2v) is 7.75. The average molecular weight is 406 g/mol. The molecule has 2 aromatic rings. The first kappa shape index (κ1) is 19.4. The van der Waals surface area contributed by atoms with Crippen molar-refractivity contribution < 1.29 is 18.7 Å². The zero-order chi connectivity index (χ0) is 19.5. The highest BCUT2D eigenvalue weighted by Gasteiger charge is 2.36. The van der Waals surface area contributed by atoms with Gasteiger partial charge in [-0.3, -0.25) is 4.79 Å². The number of rotatable bonds is 8. The van der Waals surface area contributed by atoms with Gasteiger partial charge in [0.05, 0.1) is 19.3 Å². The summed E-state index contributed by atoms with van der Waals surface area (Å²) in [6, 6.07) is 7.41. The SMILES string of the molecule is CC(OCC1CCCO1)C(=O)N(Cc1nnc(-c2ccc(Cl)cc2)o1)C1CC1. The molecule has 1 saturated heterocycles. The maximum atomic E-state index is 12.9. The zero-order valence-corrected chi connectivity index (χ0v) is 16.6. The summed E-state index contributed by atoms with van der Waals surface area (Å²) in [5.74, 6) is 0.779. The molecule has 1 aliphatic carbocycles. The number of hydrogen-bond donors (Lipinski definition) is 0. The summed E-state index contributed by atoms with van der Waals surface area (Å²) in [6.07, 6.45) is 3.59. The Balaban J connectivity index is 1.38. The normalized spacial score (nSPS) is 20.3. The van der Waals surface area contributed by atoms with Crippen molar-refractivity contribution in [2.24, 2.45) is 0 Å². The summed E-state index contributed by atoms with van der Waals surface area (Å²) < 4.78 is 17.1. The molecule has 2 fully saturated rings. The van der Waals surface area contributed by atoms with Crippen molar-refractivity contribution in [3.8, 4) is 11.5 Å². The Hall–Kier alpha value is -1.96. The smallest absolute Gasteiger partial charge is 0.252 e. The fourth-order valence-electron chi connectivity index (χ4n) is 3.28. The molecule has 2 unspecified atom stereocenters. The van der Waals surface area contributed by atoms with E-state index in [4.69, 9.17) is 25.5 Å². The van der Waals surface area contributed by atoms with Crippen molar-refractivity contribution in [2.75, 3.05) is 13.2 Å². The Morgan fingerprint density at radius 3 is 2.75 bits per heavy atom. The van der Waals surface area contributed by atoms with Crippen molar-refractivity contribution in [1.29, 1.82) is 0 Å². The topological polar surface area (TPSA) is 77.7 Å². The van der Waals surface area contributed by atoms with E-state index < -0.39 is 6.10 Å². The minimum atomic E-state index is -0.525. The summed E-state index contributed by atoms with van der Waals surface area (Å²) in [5, 5.41) is 8.85. The molecule has 2 heterocycles. The van der Waals surface area contributed by atoms with Gasteiger partial charge in [-0.2, -0.15) is 0 Å². The van der Waals surface area contributed by atoms with Crippen LogP contribution in [0.1, 0.15) is 38.5 Å². The van der Waals surface area contributed by atoms with E-state index in [-0.39, 0.29) is 24.6 Å². The summed E-state index contributed by atoms with van der Waals surface area (Å²) in [6.45, 7) is 3.31. The summed E-state index contributed by atoms with van der Waals surface area (Å²) >= 11 is 5.92. The van der Waals surface area contributed by atoms with Crippen LogP contribution in [0.5, 0.6) is 0 Å². The van der Waals surface area contributed by atoms with Crippen LogP contribution in [0.2, 0.25) is 5.02 Å². The summed E-state index contributed by atoms with van der Waals surface area (Å²) in [4.78, 5) is 14.7. The second kappa shape index (κ2) is 8.59. The highest BCUT2D eigenvalue weighted by atomic mass is 35.5. The average Bonchev–Trinajstić information content (AvgIpc) is 3.21. The van der Waals surface area contributed by atoms with Gasteiger partial charge in [0.1, 0.15) is 6.10 Å². The third-order valence-electron chi connectivity index (χ3n) is 5.04. The maximum absolute atomic E-state index is 12.9. The number of ether oxygens (including phenoxy) is 2. The van der Waals surface area contributed by atoms with Gasteiger partial charge in [0.15, 0.2) is 0 Å². The molecule has 1 amide bonds. The lowest BCUT2D eigenvalue weighted by Crippen LogP contribution is -2.41. The molecule has 8 heteroatoms. The second-order valence-electron chi connectivity index (χ2n) is 7.32. The Morgan fingerprint density at radius 1 is 1.29 bits per heavy atom. The van der Waals surface area contributed by atoms with Crippen LogP contribution in [0.4, 0.5) is 0 Å².